The summed E-state index contributed by atoms with van der Waals surface area (Å²) in [7, 11) is 2.03. The molecule has 0 saturated carbocycles. The standard InChI is InChI=1S/C13H24N2S/c1-4-13(14-3)12-7-9-15(11-12)8-6-10-16-5-2/h7,9,11,13-14H,4-6,8,10H2,1-3H3. The number of nitrogens with one attached hydrogen (secondary N) is 1. The van der Waals surface area contributed by atoms with Crippen LogP contribution in [0.1, 0.15) is 38.3 Å². The maximum Gasteiger partial charge on any atom is 0.0329 e. The molecule has 1 heterocycles. The highest BCUT2D eigenvalue weighted by Gasteiger charge is 2.07. The van der Waals surface area contributed by atoms with Crippen LogP contribution >= 0.6 is 11.8 Å². The van der Waals surface area contributed by atoms with Crippen LogP contribution in [0, 0.1) is 0 Å². The molecule has 0 radical (unpaired) electrons. The van der Waals surface area contributed by atoms with Crippen molar-refractivity contribution in [1.29, 1.82) is 0 Å². The van der Waals surface area contributed by atoms with E-state index in [0.717, 1.165) is 13.0 Å². The van der Waals surface area contributed by atoms with Gasteiger partial charge in [0, 0.05) is 25.0 Å². The summed E-state index contributed by atoms with van der Waals surface area (Å²) in [6.45, 7) is 5.58. The van der Waals surface area contributed by atoms with Crippen molar-refractivity contribution in [3.05, 3.63) is 24.0 Å². The van der Waals surface area contributed by atoms with E-state index >= 15 is 0 Å². The second kappa shape index (κ2) is 7.80. The molecular weight excluding hydrogens is 216 g/mol. The number of thioether (sulfide) groups is 1. The number of hydrogen-bond donors (Lipinski definition) is 1. The number of aromatic nitrogens is 1. The van der Waals surface area contributed by atoms with Crippen LogP contribution in [0.4, 0.5) is 0 Å². The van der Waals surface area contributed by atoms with E-state index in [2.05, 4.69) is 42.2 Å². The summed E-state index contributed by atoms with van der Waals surface area (Å²) in [5, 5.41) is 3.34. The number of rotatable bonds is 8. The summed E-state index contributed by atoms with van der Waals surface area (Å²) in [5.74, 6) is 2.50. The van der Waals surface area contributed by atoms with Crippen LogP contribution in [0.2, 0.25) is 0 Å². The molecule has 2 nitrogen and oxygen atoms in total. The molecule has 3 heteroatoms. The van der Waals surface area contributed by atoms with Crippen LogP contribution in [-0.4, -0.2) is 23.1 Å². The Morgan fingerprint density at radius 2 is 2.25 bits per heavy atom. The Morgan fingerprint density at radius 1 is 1.44 bits per heavy atom. The minimum absolute atomic E-state index is 0.506. The van der Waals surface area contributed by atoms with E-state index in [1.165, 1.54) is 23.5 Å². The van der Waals surface area contributed by atoms with Gasteiger partial charge in [0.15, 0.2) is 0 Å². The predicted octanol–water partition coefficient (Wildman–Crippen LogP) is 3.30. The summed E-state index contributed by atoms with van der Waals surface area (Å²) in [5.41, 5.74) is 1.41. The number of nitrogens with zero attached hydrogens (tertiary/aromatic N) is 1. The normalized spacial score (nSPS) is 12.9. The average molecular weight is 240 g/mol. The maximum atomic E-state index is 3.34. The first-order valence-electron chi connectivity index (χ1n) is 6.22. The van der Waals surface area contributed by atoms with E-state index in [4.69, 9.17) is 0 Å². The topological polar surface area (TPSA) is 17.0 Å². The van der Waals surface area contributed by atoms with Crippen molar-refractivity contribution in [2.24, 2.45) is 0 Å². The first kappa shape index (κ1) is 13.7. The molecule has 92 valence electrons. The Morgan fingerprint density at radius 3 is 2.88 bits per heavy atom. The Kier molecular flexibility index (Phi) is 6.65. The molecule has 0 aliphatic heterocycles. The Hall–Kier alpha value is -0.410. The summed E-state index contributed by atoms with van der Waals surface area (Å²) in [4.78, 5) is 0. The highest BCUT2D eigenvalue weighted by atomic mass is 32.2. The van der Waals surface area contributed by atoms with Crippen LogP contribution in [0.5, 0.6) is 0 Å². The lowest BCUT2D eigenvalue weighted by Crippen LogP contribution is -2.14. The lowest BCUT2D eigenvalue weighted by atomic mass is 10.1. The lowest BCUT2D eigenvalue weighted by Gasteiger charge is -2.11. The molecule has 1 unspecified atom stereocenters. The van der Waals surface area contributed by atoms with Gasteiger partial charge in [0.05, 0.1) is 0 Å². The van der Waals surface area contributed by atoms with Gasteiger partial charge in [0.25, 0.3) is 0 Å². The fourth-order valence-corrected chi connectivity index (χ4v) is 2.53. The van der Waals surface area contributed by atoms with Crippen LogP contribution in [0.15, 0.2) is 18.5 Å². The molecule has 0 aliphatic carbocycles. The van der Waals surface area contributed by atoms with Gasteiger partial charge in [-0.1, -0.05) is 13.8 Å². The SMILES string of the molecule is CCSCCCn1ccc(C(CC)NC)c1. The summed E-state index contributed by atoms with van der Waals surface area (Å²) < 4.78 is 2.31. The molecular formula is C13H24N2S. The molecule has 1 atom stereocenters. The van der Waals surface area contributed by atoms with Crippen molar-refractivity contribution in [3.63, 3.8) is 0 Å². The third-order valence-corrected chi connectivity index (χ3v) is 3.83. The van der Waals surface area contributed by atoms with Gasteiger partial charge in [0.1, 0.15) is 0 Å². The largest absolute Gasteiger partial charge is 0.354 e. The molecule has 0 saturated heterocycles. The Bertz CT molecular complexity index is 279. The van der Waals surface area contributed by atoms with E-state index in [1.54, 1.807) is 0 Å². The first-order valence-corrected chi connectivity index (χ1v) is 7.38. The van der Waals surface area contributed by atoms with E-state index in [1.807, 2.05) is 18.8 Å². The van der Waals surface area contributed by atoms with Crippen molar-refractivity contribution in [3.8, 4) is 0 Å². The van der Waals surface area contributed by atoms with Gasteiger partial charge >= 0.3 is 0 Å². The molecule has 0 amide bonds. The number of hydrogen-bond acceptors (Lipinski definition) is 2. The predicted molar refractivity (Wildman–Crippen MR) is 74.1 cm³/mol. The Balaban J connectivity index is 2.38. The van der Waals surface area contributed by atoms with E-state index in [0.29, 0.717) is 6.04 Å². The van der Waals surface area contributed by atoms with Crippen molar-refractivity contribution in [1.82, 2.24) is 9.88 Å². The highest BCUT2D eigenvalue weighted by molar-refractivity contribution is 7.99. The molecule has 0 aliphatic rings. The molecule has 0 aromatic carbocycles. The minimum atomic E-state index is 0.506. The quantitative estimate of drug-likeness (QED) is 0.702. The molecule has 1 aromatic rings. The van der Waals surface area contributed by atoms with Gasteiger partial charge in [0.2, 0.25) is 0 Å². The van der Waals surface area contributed by atoms with Crippen LogP contribution in [0.3, 0.4) is 0 Å². The summed E-state index contributed by atoms with van der Waals surface area (Å²) >= 11 is 2.02. The third kappa shape index (κ3) is 4.22. The van der Waals surface area contributed by atoms with Crippen LogP contribution in [0.25, 0.3) is 0 Å². The van der Waals surface area contributed by atoms with Gasteiger partial charge in [-0.25, -0.2) is 0 Å². The van der Waals surface area contributed by atoms with E-state index in [-0.39, 0.29) is 0 Å². The zero-order valence-corrected chi connectivity index (χ0v) is 11.5. The van der Waals surface area contributed by atoms with Gasteiger partial charge in [-0.2, -0.15) is 11.8 Å². The molecule has 0 spiro atoms. The minimum Gasteiger partial charge on any atom is -0.354 e. The molecule has 0 bridgehead atoms. The molecule has 0 fully saturated rings. The molecule has 1 rings (SSSR count). The van der Waals surface area contributed by atoms with E-state index < -0.39 is 0 Å². The van der Waals surface area contributed by atoms with Crippen LogP contribution in [-0.2, 0) is 6.54 Å². The average Bonchev–Trinajstić information content (AvgIpc) is 2.75. The van der Waals surface area contributed by atoms with Gasteiger partial charge in [-0.05, 0) is 43.0 Å². The molecule has 16 heavy (non-hydrogen) atoms. The van der Waals surface area contributed by atoms with Crippen molar-refractivity contribution in [2.75, 3.05) is 18.6 Å². The highest BCUT2D eigenvalue weighted by Crippen LogP contribution is 2.16. The van der Waals surface area contributed by atoms with Gasteiger partial charge in [-0.15, -0.1) is 0 Å². The van der Waals surface area contributed by atoms with Crippen molar-refractivity contribution >= 4 is 11.8 Å². The lowest BCUT2D eigenvalue weighted by molar-refractivity contribution is 0.573. The first-order chi connectivity index (χ1) is 7.81. The monoisotopic (exact) mass is 240 g/mol. The zero-order chi connectivity index (χ0) is 11.8. The number of aryl methyl sites for hydroxylation is 1. The third-order valence-electron chi connectivity index (χ3n) is 2.84. The second-order valence-corrected chi connectivity index (χ2v) is 5.38. The van der Waals surface area contributed by atoms with Crippen molar-refractivity contribution < 1.29 is 0 Å². The summed E-state index contributed by atoms with van der Waals surface area (Å²) in [6, 6.07) is 2.74. The smallest absolute Gasteiger partial charge is 0.0329 e. The summed E-state index contributed by atoms with van der Waals surface area (Å²) in [6.07, 6.45) is 6.89. The fraction of sp³-hybridized carbons (Fsp3) is 0.692. The molecule has 1 aromatic heterocycles. The van der Waals surface area contributed by atoms with E-state index in [9.17, 15) is 0 Å². The van der Waals surface area contributed by atoms with Crippen LogP contribution < -0.4 is 5.32 Å². The fourth-order valence-electron chi connectivity index (χ4n) is 1.90. The zero-order valence-electron chi connectivity index (χ0n) is 10.7. The maximum absolute atomic E-state index is 3.34. The second-order valence-electron chi connectivity index (χ2n) is 3.98. The van der Waals surface area contributed by atoms with Crippen molar-refractivity contribution in [2.45, 2.75) is 39.3 Å². The molecule has 1 N–H and O–H groups in total. The van der Waals surface area contributed by atoms with Gasteiger partial charge in [-0.3, -0.25) is 0 Å². The van der Waals surface area contributed by atoms with Gasteiger partial charge < -0.3 is 9.88 Å². The Labute approximate surface area is 104 Å².